The number of anilines is 1. The molecule has 3 aromatic rings. The highest BCUT2D eigenvalue weighted by molar-refractivity contribution is 5.81. The van der Waals surface area contributed by atoms with Gasteiger partial charge < -0.3 is 19.9 Å². The Kier molecular flexibility index (Phi) is 5.61. The highest BCUT2D eigenvalue weighted by Crippen LogP contribution is 2.28. The number of methoxy groups -OCH3 is 2. The molecule has 1 aromatic heterocycles. The third-order valence-electron chi connectivity index (χ3n) is 3.88. The molecule has 3 rings (SSSR count). The van der Waals surface area contributed by atoms with E-state index in [0.717, 1.165) is 22.6 Å². The summed E-state index contributed by atoms with van der Waals surface area (Å²) < 4.78 is 18.1. The first kappa shape index (κ1) is 18.3. The average Bonchev–Trinajstić information content (AvgIpc) is 3.02. The van der Waals surface area contributed by atoms with E-state index in [1.54, 1.807) is 26.6 Å². The van der Waals surface area contributed by atoms with Crippen LogP contribution in [-0.2, 0) is 6.61 Å². The Morgan fingerprint density at radius 3 is 2.67 bits per heavy atom. The average molecular weight is 366 g/mol. The lowest BCUT2D eigenvalue weighted by Gasteiger charge is -2.12. The molecule has 0 spiro atoms. The van der Waals surface area contributed by atoms with E-state index in [1.807, 2.05) is 49.4 Å². The van der Waals surface area contributed by atoms with E-state index in [2.05, 4.69) is 10.1 Å². The van der Waals surface area contributed by atoms with E-state index in [-0.39, 0.29) is 0 Å². The zero-order chi connectivity index (χ0) is 19.2. The van der Waals surface area contributed by atoms with Crippen molar-refractivity contribution in [3.63, 3.8) is 0 Å². The third-order valence-corrected chi connectivity index (χ3v) is 3.88. The van der Waals surface area contributed by atoms with Crippen LogP contribution in [0.25, 0.3) is 0 Å². The Bertz CT molecular complexity index is 950. The van der Waals surface area contributed by atoms with E-state index in [4.69, 9.17) is 19.9 Å². The number of ether oxygens (including phenoxy) is 3. The van der Waals surface area contributed by atoms with Gasteiger partial charge in [-0.25, -0.2) is 9.66 Å². The Morgan fingerprint density at radius 1 is 1.11 bits per heavy atom. The number of nitrogens with zero attached hydrogens (tertiary/aromatic N) is 3. The molecule has 0 saturated carbocycles. The lowest BCUT2D eigenvalue weighted by molar-refractivity contribution is 0.284. The van der Waals surface area contributed by atoms with Gasteiger partial charge in [0.05, 0.1) is 32.3 Å². The molecule has 0 bridgehead atoms. The first-order chi connectivity index (χ1) is 13.1. The van der Waals surface area contributed by atoms with Gasteiger partial charge in [0, 0.05) is 0 Å². The first-order valence-corrected chi connectivity index (χ1v) is 8.38. The van der Waals surface area contributed by atoms with Gasteiger partial charge in [0.2, 0.25) is 5.95 Å². The molecule has 0 atom stereocenters. The van der Waals surface area contributed by atoms with E-state index in [0.29, 0.717) is 24.1 Å². The number of nitrogen functional groups attached to an aromatic ring is 1. The van der Waals surface area contributed by atoms with Gasteiger partial charge in [0.25, 0.3) is 0 Å². The molecule has 140 valence electrons. The van der Waals surface area contributed by atoms with Gasteiger partial charge in [-0.1, -0.05) is 12.1 Å². The number of imidazole rings is 1. The minimum atomic E-state index is 0.340. The fourth-order valence-corrected chi connectivity index (χ4v) is 2.53. The first-order valence-electron chi connectivity index (χ1n) is 8.38. The summed E-state index contributed by atoms with van der Waals surface area (Å²) in [5.41, 5.74) is 8.45. The second kappa shape index (κ2) is 8.27. The minimum absolute atomic E-state index is 0.340. The van der Waals surface area contributed by atoms with Crippen LogP contribution in [-0.4, -0.2) is 30.1 Å². The fraction of sp³-hybridized carbons (Fsp3) is 0.200. The molecule has 27 heavy (non-hydrogen) atoms. The van der Waals surface area contributed by atoms with Crippen LogP contribution in [0.3, 0.4) is 0 Å². The molecule has 0 saturated heterocycles. The summed E-state index contributed by atoms with van der Waals surface area (Å²) in [4.78, 5) is 4.12. The quantitative estimate of drug-likeness (QED) is 0.649. The largest absolute Gasteiger partial charge is 0.497 e. The summed E-state index contributed by atoms with van der Waals surface area (Å²) in [5, 5.41) is 4.33. The van der Waals surface area contributed by atoms with Gasteiger partial charge in [0.15, 0.2) is 11.5 Å². The summed E-state index contributed by atoms with van der Waals surface area (Å²) in [6, 6.07) is 13.3. The second-order valence-corrected chi connectivity index (χ2v) is 5.88. The van der Waals surface area contributed by atoms with Crippen LogP contribution in [0, 0.1) is 6.92 Å². The van der Waals surface area contributed by atoms with Gasteiger partial charge in [-0.2, -0.15) is 5.10 Å². The van der Waals surface area contributed by atoms with Crippen LogP contribution in [0.1, 0.15) is 16.8 Å². The number of nitrogens with two attached hydrogens (primary N) is 1. The summed E-state index contributed by atoms with van der Waals surface area (Å²) in [7, 11) is 3.25. The van der Waals surface area contributed by atoms with Crippen molar-refractivity contribution in [2.45, 2.75) is 13.5 Å². The molecule has 0 radical (unpaired) electrons. The monoisotopic (exact) mass is 366 g/mol. The molecule has 2 N–H and O–H groups in total. The normalized spacial score (nSPS) is 10.9. The van der Waals surface area contributed by atoms with E-state index < -0.39 is 0 Å². The lowest BCUT2D eigenvalue weighted by Crippen LogP contribution is -2.00. The molecule has 0 fully saturated rings. The summed E-state index contributed by atoms with van der Waals surface area (Å²) >= 11 is 0. The van der Waals surface area contributed by atoms with Gasteiger partial charge >= 0.3 is 0 Å². The van der Waals surface area contributed by atoms with Crippen molar-refractivity contribution >= 4 is 12.2 Å². The molecule has 0 unspecified atom stereocenters. The predicted molar refractivity (Wildman–Crippen MR) is 105 cm³/mol. The highest BCUT2D eigenvalue weighted by atomic mass is 16.5. The summed E-state index contributed by atoms with van der Waals surface area (Å²) in [6.07, 6.45) is 3.45. The van der Waals surface area contributed by atoms with Crippen molar-refractivity contribution in [2.75, 3.05) is 20.0 Å². The maximum absolute atomic E-state index is 5.95. The van der Waals surface area contributed by atoms with Crippen LogP contribution >= 0.6 is 0 Å². The van der Waals surface area contributed by atoms with Crippen molar-refractivity contribution in [1.82, 2.24) is 9.66 Å². The number of aryl methyl sites for hydroxylation is 1. The van der Waals surface area contributed by atoms with Crippen molar-refractivity contribution in [2.24, 2.45) is 5.10 Å². The minimum Gasteiger partial charge on any atom is -0.497 e. The molecule has 7 heteroatoms. The van der Waals surface area contributed by atoms with Crippen LogP contribution < -0.4 is 19.9 Å². The van der Waals surface area contributed by atoms with Gasteiger partial charge in [0.1, 0.15) is 12.4 Å². The molecule has 0 amide bonds. The predicted octanol–water partition coefficient (Wildman–Crippen LogP) is 3.25. The standard InChI is InChI=1S/C20H22N4O3/c1-14-12-24(20(21)23-14)22-11-15-7-8-18(26-3)19(10-15)27-13-16-5-4-6-17(9-16)25-2/h4-12H,13H2,1-3H3,(H2,21,23). The number of hydrogen-bond acceptors (Lipinski definition) is 6. The van der Waals surface area contributed by atoms with E-state index in [9.17, 15) is 0 Å². The number of benzene rings is 2. The highest BCUT2D eigenvalue weighted by Gasteiger charge is 2.07. The SMILES string of the molecule is COc1cccc(COc2cc(C=Nn3cc(C)nc3N)ccc2OC)c1. The maximum atomic E-state index is 5.95. The second-order valence-electron chi connectivity index (χ2n) is 5.88. The summed E-state index contributed by atoms with van der Waals surface area (Å²) in [5.74, 6) is 2.40. The molecular formula is C20H22N4O3. The Hall–Kier alpha value is -3.48. The van der Waals surface area contributed by atoms with Crippen molar-refractivity contribution in [3.8, 4) is 17.2 Å². The zero-order valence-electron chi connectivity index (χ0n) is 15.5. The number of aromatic nitrogens is 2. The smallest absolute Gasteiger partial charge is 0.221 e. The van der Waals surface area contributed by atoms with Crippen LogP contribution in [0.2, 0.25) is 0 Å². The third kappa shape index (κ3) is 4.58. The summed E-state index contributed by atoms with van der Waals surface area (Å²) in [6.45, 7) is 2.25. The zero-order valence-corrected chi connectivity index (χ0v) is 15.5. The van der Waals surface area contributed by atoms with Crippen molar-refractivity contribution in [3.05, 3.63) is 65.5 Å². The van der Waals surface area contributed by atoms with E-state index >= 15 is 0 Å². The lowest BCUT2D eigenvalue weighted by atomic mass is 10.2. The van der Waals surface area contributed by atoms with Gasteiger partial charge in [-0.3, -0.25) is 0 Å². The van der Waals surface area contributed by atoms with Gasteiger partial charge in [-0.05, 0) is 48.4 Å². The molecule has 0 aliphatic heterocycles. The molecule has 7 nitrogen and oxygen atoms in total. The van der Waals surface area contributed by atoms with Crippen molar-refractivity contribution < 1.29 is 14.2 Å². The molecule has 0 aliphatic carbocycles. The fourth-order valence-electron chi connectivity index (χ4n) is 2.53. The Morgan fingerprint density at radius 2 is 1.96 bits per heavy atom. The van der Waals surface area contributed by atoms with Gasteiger partial charge in [-0.15, -0.1) is 0 Å². The molecule has 0 aliphatic rings. The Balaban J connectivity index is 1.77. The molecule has 2 aromatic carbocycles. The molecule has 1 heterocycles. The molecular weight excluding hydrogens is 344 g/mol. The van der Waals surface area contributed by atoms with Crippen molar-refractivity contribution in [1.29, 1.82) is 0 Å². The van der Waals surface area contributed by atoms with Crippen LogP contribution in [0.4, 0.5) is 5.95 Å². The van der Waals surface area contributed by atoms with E-state index in [1.165, 1.54) is 4.68 Å². The Labute approximate surface area is 158 Å². The van der Waals surface area contributed by atoms with Crippen LogP contribution in [0.5, 0.6) is 17.2 Å². The topological polar surface area (TPSA) is 83.9 Å². The number of rotatable bonds is 7. The maximum Gasteiger partial charge on any atom is 0.221 e. The number of hydrogen-bond donors (Lipinski definition) is 1. The van der Waals surface area contributed by atoms with Crippen LogP contribution in [0.15, 0.2) is 53.8 Å².